The highest BCUT2D eigenvalue weighted by molar-refractivity contribution is 9.10. The number of amides is 1. The number of benzene rings is 1. The Labute approximate surface area is 119 Å². The number of nitrogens with two attached hydrogens (primary N) is 1. The average molecular weight is 323 g/mol. The number of nitrogens with one attached hydrogen (secondary N) is 1. The summed E-state index contributed by atoms with van der Waals surface area (Å²) in [5, 5.41) is 7.37. The number of rotatable bonds is 4. The van der Waals surface area contributed by atoms with Crippen LogP contribution in [0.5, 0.6) is 0 Å². The predicted octanol–water partition coefficient (Wildman–Crippen LogP) is 2.13. The molecule has 5 nitrogen and oxygen atoms in total. The predicted molar refractivity (Wildman–Crippen MR) is 77.6 cm³/mol. The molecule has 0 saturated carbocycles. The number of anilines is 1. The Morgan fingerprint density at radius 1 is 1.53 bits per heavy atom. The first-order valence-corrected chi connectivity index (χ1v) is 6.58. The van der Waals surface area contributed by atoms with Crippen molar-refractivity contribution in [3.8, 4) is 0 Å². The SMILES string of the molecule is Cc1nn(C)cc1C(Nc1cccc(Br)c1)C(N)=O. The lowest BCUT2D eigenvalue weighted by atomic mass is 10.1. The molecule has 1 amide bonds. The number of nitrogens with zero attached hydrogens (tertiary/aromatic N) is 2. The molecule has 2 rings (SSSR count). The molecular formula is C13H15BrN4O. The van der Waals surface area contributed by atoms with Gasteiger partial charge >= 0.3 is 0 Å². The van der Waals surface area contributed by atoms with Crippen LogP contribution in [0.3, 0.4) is 0 Å². The van der Waals surface area contributed by atoms with Crippen LogP contribution in [0.15, 0.2) is 34.9 Å². The molecule has 1 aromatic carbocycles. The number of hydrogen-bond donors (Lipinski definition) is 2. The van der Waals surface area contributed by atoms with Crippen LogP contribution < -0.4 is 11.1 Å². The van der Waals surface area contributed by atoms with E-state index in [-0.39, 0.29) is 0 Å². The highest BCUT2D eigenvalue weighted by Crippen LogP contribution is 2.23. The molecular weight excluding hydrogens is 308 g/mol. The Morgan fingerprint density at radius 3 is 2.79 bits per heavy atom. The second kappa shape index (κ2) is 5.44. The third-order valence-corrected chi connectivity index (χ3v) is 3.28. The summed E-state index contributed by atoms with van der Waals surface area (Å²) in [5.41, 5.74) is 7.88. The van der Waals surface area contributed by atoms with Crippen LogP contribution in [0, 0.1) is 6.92 Å². The molecule has 6 heteroatoms. The van der Waals surface area contributed by atoms with Gasteiger partial charge in [-0.2, -0.15) is 5.10 Å². The zero-order valence-corrected chi connectivity index (χ0v) is 12.3. The van der Waals surface area contributed by atoms with Gasteiger partial charge in [0.2, 0.25) is 5.91 Å². The molecule has 0 radical (unpaired) electrons. The Morgan fingerprint density at radius 2 is 2.26 bits per heavy atom. The van der Waals surface area contributed by atoms with Crippen molar-refractivity contribution in [3.05, 3.63) is 46.2 Å². The Hall–Kier alpha value is -1.82. The topological polar surface area (TPSA) is 72.9 Å². The zero-order valence-electron chi connectivity index (χ0n) is 10.7. The van der Waals surface area contributed by atoms with Crippen LogP contribution in [0.25, 0.3) is 0 Å². The highest BCUT2D eigenvalue weighted by Gasteiger charge is 2.21. The van der Waals surface area contributed by atoms with Crippen LogP contribution >= 0.6 is 15.9 Å². The third-order valence-electron chi connectivity index (χ3n) is 2.78. The summed E-state index contributed by atoms with van der Waals surface area (Å²) < 4.78 is 2.60. The minimum absolute atomic E-state index is 0.434. The van der Waals surface area contributed by atoms with E-state index >= 15 is 0 Å². The molecule has 1 unspecified atom stereocenters. The molecule has 0 aliphatic carbocycles. The summed E-state index contributed by atoms with van der Waals surface area (Å²) in [5.74, 6) is -0.434. The van der Waals surface area contributed by atoms with Crippen molar-refractivity contribution < 1.29 is 4.79 Å². The summed E-state index contributed by atoms with van der Waals surface area (Å²) >= 11 is 3.39. The van der Waals surface area contributed by atoms with Gasteiger partial charge in [-0.05, 0) is 25.1 Å². The second-order valence-electron chi connectivity index (χ2n) is 4.33. The van der Waals surface area contributed by atoms with E-state index in [2.05, 4.69) is 26.3 Å². The van der Waals surface area contributed by atoms with Gasteiger partial charge in [0.25, 0.3) is 0 Å². The van der Waals surface area contributed by atoms with Gasteiger partial charge in [0, 0.05) is 29.0 Å². The quantitative estimate of drug-likeness (QED) is 0.905. The first-order valence-electron chi connectivity index (χ1n) is 5.79. The van der Waals surface area contributed by atoms with Crippen molar-refractivity contribution in [2.24, 2.45) is 12.8 Å². The number of hydrogen-bond acceptors (Lipinski definition) is 3. The molecule has 0 aliphatic rings. The maximum Gasteiger partial charge on any atom is 0.244 e. The minimum atomic E-state index is -0.594. The van der Waals surface area contributed by atoms with Crippen molar-refractivity contribution in [1.29, 1.82) is 0 Å². The summed E-state index contributed by atoms with van der Waals surface area (Å²) in [6.07, 6.45) is 1.80. The van der Waals surface area contributed by atoms with Crippen LogP contribution in [0.1, 0.15) is 17.3 Å². The van der Waals surface area contributed by atoms with Gasteiger partial charge in [0.15, 0.2) is 0 Å². The van der Waals surface area contributed by atoms with Crippen molar-refractivity contribution in [1.82, 2.24) is 9.78 Å². The van der Waals surface area contributed by atoms with E-state index in [1.54, 1.807) is 10.9 Å². The van der Waals surface area contributed by atoms with Gasteiger partial charge in [0.1, 0.15) is 6.04 Å². The third kappa shape index (κ3) is 3.14. The smallest absolute Gasteiger partial charge is 0.244 e. The average Bonchev–Trinajstić information content (AvgIpc) is 2.65. The Bertz CT molecular complexity index is 608. The van der Waals surface area contributed by atoms with Crippen molar-refractivity contribution in [2.45, 2.75) is 13.0 Å². The molecule has 19 heavy (non-hydrogen) atoms. The maximum absolute atomic E-state index is 11.7. The van der Waals surface area contributed by atoms with Crippen LogP contribution in [-0.4, -0.2) is 15.7 Å². The largest absolute Gasteiger partial charge is 0.370 e. The van der Waals surface area contributed by atoms with Gasteiger partial charge < -0.3 is 11.1 Å². The van der Waals surface area contributed by atoms with Crippen LogP contribution in [0.4, 0.5) is 5.69 Å². The summed E-state index contributed by atoms with van der Waals surface area (Å²) in [7, 11) is 1.81. The maximum atomic E-state index is 11.7. The summed E-state index contributed by atoms with van der Waals surface area (Å²) in [4.78, 5) is 11.7. The van der Waals surface area contributed by atoms with E-state index < -0.39 is 11.9 Å². The molecule has 0 saturated heterocycles. The number of carbonyl (C=O) groups is 1. The normalized spacial score (nSPS) is 12.2. The second-order valence-corrected chi connectivity index (χ2v) is 5.25. The highest BCUT2D eigenvalue weighted by atomic mass is 79.9. The lowest BCUT2D eigenvalue weighted by Gasteiger charge is -2.16. The van der Waals surface area contributed by atoms with E-state index in [0.717, 1.165) is 21.4 Å². The van der Waals surface area contributed by atoms with Crippen molar-refractivity contribution in [3.63, 3.8) is 0 Å². The number of halogens is 1. The number of carbonyl (C=O) groups excluding carboxylic acids is 1. The van der Waals surface area contributed by atoms with E-state index in [0.29, 0.717) is 0 Å². The molecule has 0 bridgehead atoms. The minimum Gasteiger partial charge on any atom is -0.370 e. The van der Waals surface area contributed by atoms with Gasteiger partial charge in [-0.3, -0.25) is 9.48 Å². The number of primary amides is 1. The molecule has 100 valence electrons. The molecule has 3 N–H and O–H groups in total. The Kier molecular flexibility index (Phi) is 3.90. The Balaban J connectivity index is 2.32. The zero-order chi connectivity index (χ0) is 14.0. The van der Waals surface area contributed by atoms with E-state index in [1.165, 1.54) is 0 Å². The number of aryl methyl sites for hydroxylation is 2. The van der Waals surface area contributed by atoms with Gasteiger partial charge in [-0.1, -0.05) is 22.0 Å². The van der Waals surface area contributed by atoms with Crippen LogP contribution in [0.2, 0.25) is 0 Å². The number of aromatic nitrogens is 2. The van der Waals surface area contributed by atoms with E-state index in [1.807, 2.05) is 38.2 Å². The molecule has 2 aromatic rings. The lowest BCUT2D eigenvalue weighted by molar-refractivity contribution is -0.118. The van der Waals surface area contributed by atoms with Crippen molar-refractivity contribution >= 4 is 27.5 Å². The molecule has 1 aromatic heterocycles. The fraction of sp³-hybridized carbons (Fsp3) is 0.231. The van der Waals surface area contributed by atoms with E-state index in [4.69, 9.17) is 5.73 Å². The molecule has 1 heterocycles. The lowest BCUT2D eigenvalue weighted by Crippen LogP contribution is -2.28. The van der Waals surface area contributed by atoms with Gasteiger partial charge in [0.05, 0.1) is 5.69 Å². The summed E-state index contributed by atoms with van der Waals surface area (Å²) in [6, 6.07) is 6.98. The molecule has 0 fully saturated rings. The van der Waals surface area contributed by atoms with Crippen LogP contribution in [-0.2, 0) is 11.8 Å². The van der Waals surface area contributed by atoms with Gasteiger partial charge in [-0.25, -0.2) is 0 Å². The first-order chi connectivity index (χ1) is 8.97. The molecule has 0 spiro atoms. The van der Waals surface area contributed by atoms with E-state index in [9.17, 15) is 4.79 Å². The fourth-order valence-corrected chi connectivity index (χ4v) is 2.35. The molecule has 0 aliphatic heterocycles. The fourth-order valence-electron chi connectivity index (χ4n) is 1.95. The first kappa shape index (κ1) is 13.6. The molecule has 1 atom stereocenters. The van der Waals surface area contributed by atoms with Gasteiger partial charge in [-0.15, -0.1) is 0 Å². The van der Waals surface area contributed by atoms with Crippen molar-refractivity contribution in [2.75, 3.05) is 5.32 Å². The summed E-state index contributed by atoms with van der Waals surface area (Å²) in [6.45, 7) is 1.86. The monoisotopic (exact) mass is 322 g/mol. The standard InChI is InChI=1S/C13H15BrN4O/c1-8-11(7-18(2)17-8)12(13(15)19)16-10-5-3-4-9(14)6-10/h3-7,12,16H,1-2H3,(H2,15,19).